The van der Waals surface area contributed by atoms with E-state index in [4.69, 9.17) is 14.0 Å². The highest BCUT2D eigenvalue weighted by atomic mass is 16.7. The summed E-state index contributed by atoms with van der Waals surface area (Å²) in [6.07, 6.45) is 3.98. The van der Waals surface area contributed by atoms with Crippen LogP contribution in [0.15, 0.2) is 0 Å². The van der Waals surface area contributed by atoms with Gasteiger partial charge in [-0.15, -0.1) is 0 Å². The van der Waals surface area contributed by atoms with Crippen molar-refractivity contribution in [2.24, 2.45) is 5.41 Å². The zero-order chi connectivity index (χ0) is 13.2. The predicted octanol–water partition coefficient (Wildman–Crippen LogP) is 3.04. The Balaban J connectivity index is 1.69. The van der Waals surface area contributed by atoms with E-state index in [0.29, 0.717) is 17.3 Å². The van der Waals surface area contributed by atoms with Crippen molar-refractivity contribution in [3.63, 3.8) is 0 Å². The number of rotatable bonds is 1. The molecule has 3 fully saturated rings. The SMILES string of the molecule is CC1CC2(CCO1)CC2B1OC(C)(C)C(C)(C)O1. The van der Waals surface area contributed by atoms with E-state index in [-0.39, 0.29) is 18.3 Å². The van der Waals surface area contributed by atoms with Gasteiger partial charge in [0.05, 0.1) is 17.3 Å². The molecule has 1 spiro atoms. The van der Waals surface area contributed by atoms with E-state index in [1.807, 2.05) is 0 Å². The van der Waals surface area contributed by atoms with Crippen LogP contribution in [0.2, 0.25) is 5.82 Å². The minimum absolute atomic E-state index is 0.0136. The van der Waals surface area contributed by atoms with Crippen LogP contribution in [-0.4, -0.2) is 31.0 Å². The Bertz CT molecular complexity index is 339. The maximum Gasteiger partial charge on any atom is 0.461 e. The summed E-state index contributed by atoms with van der Waals surface area (Å²) in [5.41, 5.74) is 0.0509. The normalized spacial score (nSPS) is 45.5. The summed E-state index contributed by atoms with van der Waals surface area (Å²) in [5.74, 6) is 0.574. The molecule has 2 saturated heterocycles. The third kappa shape index (κ3) is 1.84. The molecule has 3 nitrogen and oxygen atoms in total. The third-order valence-electron chi connectivity index (χ3n) is 5.55. The van der Waals surface area contributed by atoms with E-state index in [2.05, 4.69) is 34.6 Å². The standard InChI is InChI=1S/C14H25BO3/c1-10-8-14(6-7-16-10)9-11(14)15-17-12(2,3)13(4,5)18-15/h10-11H,6-9H2,1-5H3. The zero-order valence-corrected chi connectivity index (χ0v) is 12.3. The van der Waals surface area contributed by atoms with Gasteiger partial charge in [-0.1, -0.05) is 0 Å². The number of hydrogen-bond donors (Lipinski definition) is 0. The van der Waals surface area contributed by atoms with Crippen molar-refractivity contribution in [1.82, 2.24) is 0 Å². The van der Waals surface area contributed by atoms with Gasteiger partial charge in [0.25, 0.3) is 0 Å². The maximum atomic E-state index is 6.19. The van der Waals surface area contributed by atoms with Crippen LogP contribution in [0.25, 0.3) is 0 Å². The van der Waals surface area contributed by atoms with Crippen LogP contribution in [0.3, 0.4) is 0 Å². The van der Waals surface area contributed by atoms with Gasteiger partial charge in [-0.3, -0.25) is 0 Å². The van der Waals surface area contributed by atoms with Gasteiger partial charge < -0.3 is 14.0 Å². The predicted molar refractivity (Wildman–Crippen MR) is 71.5 cm³/mol. The first-order chi connectivity index (χ1) is 8.26. The molecule has 4 heteroatoms. The van der Waals surface area contributed by atoms with Crippen molar-refractivity contribution in [2.75, 3.05) is 6.61 Å². The highest BCUT2D eigenvalue weighted by Gasteiger charge is 2.66. The molecule has 1 aliphatic carbocycles. The summed E-state index contributed by atoms with van der Waals surface area (Å²) in [5, 5.41) is 0. The van der Waals surface area contributed by atoms with E-state index in [1.54, 1.807) is 0 Å². The fourth-order valence-electron chi connectivity index (χ4n) is 3.54. The Morgan fingerprint density at radius 2 is 1.61 bits per heavy atom. The van der Waals surface area contributed by atoms with Gasteiger partial charge in [0.15, 0.2) is 0 Å². The van der Waals surface area contributed by atoms with E-state index >= 15 is 0 Å². The van der Waals surface area contributed by atoms with Crippen molar-refractivity contribution in [3.05, 3.63) is 0 Å². The Morgan fingerprint density at radius 3 is 2.17 bits per heavy atom. The fourth-order valence-corrected chi connectivity index (χ4v) is 3.54. The lowest BCUT2D eigenvalue weighted by atomic mass is 9.73. The largest absolute Gasteiger partial charge is 0.461 e. The van der Waals surface area contributed by atoms with Gasteiger partial charge in [-0.05, 0) is 59.3 Å². The van der Waals surface area contributed by atoms with Gasteiger partial charge in [-0.25, -0.2) is 0 Å². The van der Waals surface area contributed by atoms with Crippen LogP contribution in [-0.2, 0) is 14.0 Å². The average molecular weight is 252 g/mol. The molecule has 1 saturated carbocycles. The molecule has 0 aromatic carbocycles. The van der Waals surface area contributed by atoms with Gasteiger partial charge in [0.2, 0.25) is 0 Å². The second-order valence-corrected chi connectivity index (χ2v) is 7.43. The van der Waals surface area contributed by atoms with Crippen molar-refractivity contribution in [1.29, 1.82) is 0 Å². The van der Waals surface area contributed by atoms with E-state index in [9.17, 15) is 0 Å². The lowest BCUT2D eigenvalue weighted by molar-refractivity contribution is -0.00568. The Labute approximate surface area is 111 Å². The summed E-state index contributed by atoms with van der Waals surface area (Å²) in [6.45, 7) is 11.6. The molecular weight excluding hydrogens is 227 g/mol. The van der Waals surface area contributed by atoms with Crippen LogP contribution < -0.4 is 0 Å². The molecule has 0 N–H and O–H groups in total. The first-order valence-electron chi connectivity index (χ1n) is 7.23. The quantitative estimate of drug-likeness (QED) is 0.671. The Kier molecular flexibility index (Phi) is 2.69. The molecule has 0 aromatic heterocycles. The fraction of sp³-hybridized carbons (Fsp3) is 1.00. The lowest BCUT2D eigenvalue weighted by Crippen LogP contribution is -2.41. The summed E-state index contributed by atoms with van der Waals surface area (Å²) in [7, 11) is -0.0136. The highest BCUT2D eigenvalue weighted by Crippen LogP contribution is 2.67. The van der Waals surface area contributed by atoms with Gasteiger partial charge in [0.1, 0.15) is 0 Å². The molecule has 0 amide bonds. The summed E-state index contributed by atoms with van der Waals surface area (Å²) < 4.78 is 18.0. The summed E-state index contributed by atoms with van der Waals surface area (Å²) in [6, 6.07) is 0. The van der Waals surface area contributed by atoms with Crippen LogP contribution in [0, 0.1) is 5.41 Å². The van der Waals surface area contributed by atoms with Crippen molar-refractivity contribution >= 4 is 7.12 Å². The first-order valence-corrected chi connectivity index (χ1v) is 7.23. The number of hydrogen-bond acceptors (Lipinski definition) is 3. The van der Waals surface area contributed by atoms with E-state index in [1.165, 1.54) is 19.3 Å². The van der Waals surface area contributed by atoms with Crippen molar-refractivity contribution < 1.29 is 14.0 Å². The van der Waals surface area contributed by atoms with Crippen molar-refractivity contribution in [3.8, 4) is 0 Å². The monoisotopic (exact) mass is 252 g/mol. The molecule has 3 rings (SSSR count). The molecule has 18 heavy (non-hydrogen) atoms. The van der Waals surface area contributed by atoms with Crippen LogP contribution in [0.4, 0.5) is 0 Å². The van der Waals surface area contributed by atoms with Crippen LogP contribution in [0.5, 0.6) is 0 Å². The van der Waals surface area contributed by atoms with E-state index < -0.39 is 0 Å². The number of ether oxygens (including phenoxy) is 1. The molecule has 3 aliphatic rings. The molecule has 0 bridgehead atoms. The van der Waals surface area contributed by atoms with Gasteiger partial charge >= 0.3 is 7.12 Å². The van der Waals surface area contributed by atoms with Gasteiger partial charge in [0, 0.05) is 12.4 Å². The Morgan fingerprint density at radius 1 is 1.00 bits per heavy atom. The minimum Gasteiger partial charge on any atom is -0.403 e. The molecule has 3 unspecified atom stereocenters. The molecule has 3 atom stereocenters. The zero-order valence-electron chi connectivity index (χ0n) is 12.3. The smallest absolute Gasteiger partial charge is 0.403 e. The van der Waals surface area contributed by atoms with Crippen LogP contribution in [0.1, 0.15) is 53.9 Å². The summed E-state index contributed by atoms with van der Waals surface area (Å²) >= 11 is 0. The first kappa shape index (κ1) is 13.0. The molecule has 0 aromatic rings. The lowest BCUT2D eigenvalue weighted by Gasteiger charge is -2.32. The molecule has 2 heterocycles. The topological polar surface area (TPSA) is 27.7 Å². The minimum atomic E-state index is -0.196. The van der Waals surface area contributed by atoms with Gasteiger partial charge in [-0.2, -0.15) is 0 Å². The average Bonchev–Trinajstić information content (AvgIpc) is 2.83. The van der Waals surface area contributed by atoms with Crippen LogP contribution >= 0.6 is 0 Å². The molecule has 102 valence electrons. The second kappa shape index (κ2) is 3.74. The Hall–Kier alpha value is -0.0551. The molecule has 2 aliphatic heterocycles. The summed E-state index contributed by atoms with van der Waals surface area (Å²) in [4.78, 5) is 0. The highest BCUT2D eigenvalue weighted by molar-refractivity contribution is 6.49. The molecule has 0 radical (unpaired) electrons. The van der Waals surface area contributed by atoms with E-state index in [0.717, 1.165) is 6.61 Å². The van der Waals surface area contributed by atoms with Crippen molar-refractivity contribution in [2.45, 2.75) is 77.0 Å². The second-order valence-electron chi connectivity index (χ2n) is 7.43. The molecular formula is C14H25BO3. The third-order valence-corrected chi connectivity index (χ3v) is 5.55. The maximum absolute atomic E-state index is 6.19.